The van der Waals surface area contributed by atoms with Crippen LogP contribution in [-0.2, 0) is 28.6 Å². The molecule has 0 rings (SSSR count). The molecule has 0 radical (unpaired) electrons. The summed E-state index contributed by atoms with van der Waals surface area (Å²) in [5.41, 5.74) is 0. The minimum absolute atomic E-state index is 0.0629. The van der Waals surface area contributed by atoms with Crippen LogP contribution in [0, 0.1) is 11.8 Å². The van der Waals surface area contributed by atoms with Gasteiger partial charge in [0.1, 0.15) is 13.2 Å². The van der Waals surface area contributed by atoms with Crippen molar-refractivity contribution in [1.82, 2.24) is 0 Å². The highest BCUT2D eigenvalue weighted by Crippen LogP contribution is 2.18. The maximum atomic E-state index is 12.8. The van der Waals surface area contributed by atoms with Gasteiger partial charge in [0.15, 0.2) is 6.10 Å². The van der Waals surface area contributed by atoms with Gasteiger partial charge in [0.25, 0.3) is 0 Å². The molecule has 0 bridgehead atoms. The standard InChI is InChI=1S/C57H110O6/c1-6-8-9-10-11-12-27-32-37-42-47-55(58)61-50-54(63-57(60)49-44-39-34-29-24-20-15-13-17-21-25-30-35-40-45-52(3)4)51-62-56(59)48-43-38-33-28-23-19-16-14-18-22-26-31-36-41-46-53(5)7-2/h52-54H,6-51H2,1-5H3/t53?,54-/m1/s1. The van der Waals surface area contributed by atoms with E-state index >= 15 is 0 Å². The lowest BCUT2D eigenvalue weighted by Crippen LogP contribution is -2.30. The second kappa shape index (κ2) is 49.8. The molecule has 63 heavy (non-hydrogen) atoms. The first kappa shape index (κ1) is 61.4. The fraction of sp³-hybridized carbons (Fsp3) is 0.947. The zero-order chi connectivity index (χ0) is 46.1. The van der Waals surface area contributed by atoms with Crippen molar-refractivity contribution in [2.24, 2.45) is 11.8 Å². The molecular formula is C57H110O6. The van der Waals surface area contributed by atoms with Gasteiger partial charge in [-0.05, 0) is 31.1 Å². The third-order valence-electron chi connectivity index (χ3n) is 13.3. The van der Waals surface area contributed by atoms with Crippen LogP contribution in [0.15, 0.2) is 0 Å². The van der Waals surface area contributed by atoms with Crippen LogP contribution in [0.4, 0.5) is 0 Å². The van der Waals surface area contributed by atoms with E-state index < -0.39 is 6.10 Å². The largest absolute Gasteiger partial charge is 0.462 e. The number of carbonyl (C=O) groups is 3. The highest BCUT2D eigenvalue weighted by Gasteiger charge is 2.19. The van der Waals surface area contributed by atoms with E-state index in [0.29, 0.717) is 19.3 Å². The van der Waals surface area contributed by atoms with Gasteiger partial charge in [0.2, 0.25) is 0 Å². The molecule has 374 valence electrons. The molecule has 0 aliphatic heterocycles. The first-order valence-electron chi connectivity index (χ1n) is 28.3. The fourth-order valence-electron chi connectivity index (χ4n) is 8.66. The summed E-state index contributed by atoms with van der Waals surface area (Å²) < 4.78 is 16.9. The molecule has 0 aromatic carbocycles. The summed E-state index contributed by atoms with van der Waals surface area (Å²) in [7, 11) is 0. The fourth-order valence-corrected chi connectivity index (χ4v) is 8.66. The molecule has 6 nitrogen and oxygen atoms in total. The Hall–Kier alpha value is -1.59. The third kappa shape index (κ3) is 49.7. The van der Waals surface area contributed by atoms with Crippen molar-refractivity contribution in [3.05, 3.63) is 0 Å². The molecule has 0 aliphatic carbocycles. The molecule has 0 saturated heterocycles. The summed E-state index contributed by atoms with van der Waals surface area (Å²) in [5, 5.41) is 0. The SMILES string of the molecule is CCCCCCCCCCCCC(=O)OC[C@H](COC(=O)CCCCCCCCCCCCCCCCC(C)CC)OC(=O)CCCCCCCCCCCCCCCCC(C)C. The van der Waals surface area contributed by atoms with Crippen molar-refractivity contribution in [2.45, 2.75) is 323 Å². The number of hydrogen-bond donors (Lipinski definition) is 0. The van der Waals surface area contributed by atoms with E-state index in [-0.39, 0.29) is 31.1 Å². The predicted molar refractivity (Wildman–Crippen MR) is 270 cm³/mol. The molecule has 0 fully saturated rings. The average Bonchev–Trinajstić information content (AvgIpc) is 3.27. The molecule has 0 aromatic rings. The number of ether oxygens (including phenoxy) is 3. The summed E-state index contributed by atoms with van der Waals surface area (Å²) in [6.45, 7) is 11.4. The molecule has 0 amide bonds. The predicted octanol–water partition coefficient (Wildman–Crippen LogP) is 18.5. The molecule has 0 saturated carbocycles. The van der Waals surface area contributed by atoms with Crippen LogP contribution in [0.3, 0.4) is 0 Å². The third-order valence-corrected chi connectivity index (χ3v) is 13.3. The first-order valence-corrected chi connectivity index (χ1v) is 28.3. The quantitative estimate of drug-likeness (QED) is 0.0344. The Morgan fingerprint density at radius 1 is 0.333 bits per heavy atom. The number of rotatable bonds is 51. The van der Waals surface area contributed by atoms with Crippen molar-refractivity contribution < 1.29 is 28.6 Å². The number of carbonyl (C=O) groups excluding carboxylic acids is 3. The summed E-state index contributed by atoms with van der Waals surface area (Å²) in [4.78, 5) is 38.0. The Morgan fingerprint density at radius 3 is 0.905 bits per heavy atom. The lowest BCUT2D eigenvalue weighted by Gasteiger charge is -2.18. The normalized spacial score (nSPS) is 12.5. The van der Waals surface area contributed by atoms with Gasteiger partial charge in [-0.2, -0.15) is 0 Å². The lowest BCUT2D eigenvalue weighted by atomic mass is 9.99. The van der Waals surface area contributed by atoms with Crippen molar-refractivity contribution in [3.8, 4) is 0 Å². The van der Waals surface area contributed by atoms with Gasteiger partial charge < -0.3 is 14.2 Å². The zero-order valence-corrected chi connectivity index (χ0v) is 43.2. The topological polar surface area (TPSA) is 78.9 Å². The minimum atomic E-state index is -0.762. The van der Waals surface area contributed by atoms with Crippen LogP contribution in [0.5, 0.6) is 0 Å². The Kier molecular flexibility index (Phi) is 48.6. The minimum Gasteiger partial charge on any atom is -0.462 e. The van der Waals surface area contributed by atoms with Crippen LogP contribution >= 0.6 is 0 Å². The summed E-state index contributed by atoms with van der Waals surface area (Å²) in [5.74, 6) is 0.897. The van der Waals surface area contributed by atoms with Crippen LogP contribution in [0.2, 0.25) is 0 Å². The molecule has 0 aliphatic rings. The maximum Gasteiger partial charge on any atom is 0.306 e. The van der Waals surface area contributed by atoms with E-state index in [1.165, 1.54) is 205 Å². The molecular weight excluding hydrogens is 781 g/mol. The van der Waals surface area contributed by atoms with Gasteiger partial charge in [0.05, 0.1) is 0 Å². The molecule has 6 heteroatoms. The van der Waals surface area contributed by atoms with Crippen molar-refractivity contribution in [2.75, 3.05) is 13.2 Å². The van der Waals surface area contributed by atoms with E-state index in [2.05, 4.69) is 34.6 Å². The lowest BCUT2D eigenvalue weighted by molar-refractivity contribution is -0.167. The number of unbranched alkanes of at least 4 members (excludes halogenated alkanes) is 35. The number of esters is 3. The van der Waals surface area contributed by atoms with Crippen LogP contribution in [-0.4, -0.2) is 37.2 Å². The highest BCUT2D eigenvalue weighted by atomic mass is 16.6. The van der Waals surface area contributed by atoms with E-state index in [1.807, 2.05) is 0 Å². The molecule has 0 N–H and O–H groups in total. The Bertz CT molecular complexity index is 964. The van der Waals surface area contributed by atoms with Crippen molar-refractivity contribution >= 4 is 17.9 Å². The van der Waals surface area contributed by atoms with Crippen molar-refractivity contribution in [1.29, 1.82) is 0 Å². The highest BCUT2D eigenvalue weighted by molar-refractivity contribution is 5.71. The molecule has 2 atom stereocenters. The van der Waals surface area contributed by atoms with Gasteiger partial charge in [-0.25, -0.2) is 0 Å². The Morgan fingerprint density at radius 2 is 0.603 bits per heavy atom. The van der Waals surface area contributed by atoms with Crippen molar-refractivity contribution in [3.63, 3.8) is 0 Å². The van der Waals surface area contributed by atoms with Crippen LogP contribution in [0.1, 0.15) is 317 Å². The first-order chi connectivity index (χ1) is 30.8. The zero-order valence-electron chi connectivity index (χ0n) is 43.2. The molecule has 0 aromatic heterocycles. The van der Waals surface area contributed by atoms with Gasteiger partial charge in [-0.3, -0.25) is 14.4 Å². The Labute approximate surface area is 393 Å². The van der Waals surface area contributed by atoms with Gasteiger partial charge in [-0.1, -0.05) is 279 Å². The van der Waals surface area contributed by atoms with Crippen LogP contribution in [0.25, 0.3) is 0 Å². The second-order valence-electron chi connectivity index (χ2n) is 20.3. The molecule has 1 unspecified atom stereocenters. The van der Waals surface area contributed by atoms with Gasteiger partial charge in [0, 0.05) is 19.3 Å². The van der Waals surface area contributed by atoms with Gasteiger partial charge in [-0.15, -0.1) is 0 Å². The Balaban J connectivity index is 4.25. The van der Waals surface area contributed by atoms with E-state index in [1.54, 1.807) is 0 Å². The smallest absolute Gasteiger partial charge is 0.306 e. The molecule has 0 heterocycles. The monoisotopic (exact) mass is 891 g/mol. The second-order valence-corrected chi connectivity index (χ2v) is 20.3. The van der Waals surface area contributed by atoms with E-state index in [4.69, 9.17) is 14.2 Å². The van der Waals surface area contributed by atoms with Gasteiger partial charge >= 0.3 is 17.9 Å². The summed E-state index contributed by atoms with van der Waals surface area (Å²) in [6.07, 6.45) is 52.3. The summed E-state index contributed by atoms with van der Waals surface area (Å²) >= 11 is 0. The maximum absolute atomic E-state index is 12.8. The average molecular weight is 892 g/mol. The van der Waals surface area contributed by atoms with Crippen LogP contribution < -0.4 is 0 Å². The van der Waals surface area contributed by atoms with E-state index in [9.17, 15) is 14.4 Å². The molecule has 0 spiro atoms. The van der Waals surface area contributed by atoms with E-state index in [0.717, 1.165) is 69.6 Å². The summed E-state index contributed by atoms with van der Waals surface area (Å²) in [6, 6.07) is 0. The number of hydrogen-bond acceptors (Lipinski definition) is 6.